The van der Waals surface area contributed by atoms with Crippen LogP contribution < -0.4 is 0 Å². The second-order valence-electron chi connectivity index (χ2n) is 2.61. The summed E-state index contributed by atoms with van der Waals surface area (Å²) in [6, 6.07) is 1.39. The lowest BCUT2D eigenvalue weighted by Crippen LogP contribution is -2.05. The molecule has 1 aromatic rings. The van der Waals surface area contributed by atoms with Crippen molar-refractivity contribution in [2.75, 3.05) is 0 Å². The molecule has 0 unspecified atom stereocenters. The third-order valence-corrected chi connectivity index (χ3v) is 2.36. The summed E-state index contributed by atoms with van der Waals surface area (Å²) in [6.45, 7) is -0.523. The molecule has 0 fully saturated rings. The number of halogens is 4. The Morgan fingerprint density at radius 3 is 2.21 bits per heavy atom. The van der Waals surface area contributed by atoms with Crippen LogP contribution >= 0.6 is 15.9 Å². The van der Waals surface area contributed by atoms with Crippen LogP contribution in [0.25, 0.3) is 0 Å². The van der Waals surface area contributed by atoms with Crippen molar-refractivity contribution in [3.8, 4) is 5.75 Å². The third kappa shape index (κ3) is 2.19. The van der Waals surface area contributed by atoms with E-state index in [0.717, 1.165) is 6.07 Å². The largest absolute Gasteiger partial charge is 0.508 e. The Labute approximate surface area is 86.1 Å². The van der Waals surface area contributed by atoms with Gasteiger partial charge in [-0.3, -0.25) is 0 Å². The molecular weight excluding hydrogens is 265 g/mol. The van der Waals surface area contributed by atoms with Gasteiger partial charge < -0.3 is 10.2 Å². The van der Waals surface area contributed by atoms with Gasteiger partial charge in [0.15, 0.2) is 0 Å². The number of hydrogen-bond acceptors (Lipinski definition) is 2. The van der Waals surface area contributed by atoms with Gasteiger partial charge in [-0.15, -0.1) is 0 Å². The standard InChI is InChI=1S/C8H6BrF3O2/c9-6-1-4(8(10,11)12)2-7(14)5(6)3-13/h1-2,13-14H,3H2. The van der Waals surface area contributed by atoms with Crippen molar-refractivity contribution in [3.05, 3.63) is 27.7 Å². The molecule has 1 aromatic carbocycles. The zero-order valence-corrected chi connectivity index (χ0v) is 8.35. The predicted molar refractivity (Wildman–Crippen MR) is 46.7 cm³/mol. The Hall–Kier alpha value is -0.750. The summed E-state index contributed by atoms with van der Waals surface area (Å²) < 4.78 is 36.6. The molecule has 0 aliphatic carbocycles. The number of aliphatic hydroxyl groups excluding tert-OH is 1. The van der Waals surface area contributed by atoms with Crippen molar-refractivity contribution in [3.63, 3.8) is 0 Å². The maximum absolute atomic E-state index is 12.2. The summed E-state index contributed by atoms with van der Waals surface area (Å²) >= 11 is 2.83. The first-order chi connectivity index (χ1) is 6.36. The van der Waals surface area contributed by atoms with Crippen LogP contribution in [0.15, 0.2) is 16.6 Å². The number of hydrogen-bond donors (Lipinski definition) is 2. The fourth-order valence-corrected chi connectivity index (χ4v) is 1.52. The molecule has 0 saturated heterocycles. The second-order valence-corrected chi connectivity index (χ2v) is 3.47. The molecule has 0 aliphatic rings. The number of aromatic hydroxyl groups is 1. The van der Waals surface area contributed by atoms with E-state index in [4.69, 9.17) is 10.2 Å². The van der Waals surface area contributed by atoms with E-state index in [0.29, 0.717) is 6.07 Å². The van der Waals surface area contributed by atoms with Gasteiger partial charge in [-0.05, 0) is 12.1 Å². The Morgan fingerprint density at radius 1 is 1.29 bits per heavy atom. The minimum Gasteiger partial charge on any atom is -0.508 e. The van der Waals surface area contributed by atoms with Crippen LogP contribution in [0.4, 0.5) is 13.2 Å². The zero-order valence-electron chi connectivity index (χ0n) is 6.77. The number of phenols is 1. The van der Waals surface area contributed by atoms with Gasteiger partial charge >= 0.3 is 6.18 Å². The summed E-state index contributed by atoms with van der Waals surface area (Å²) in [5.41, 5.74) is -0.919. The van der Waals surface area contributed by atoms with Crippen LogP contribution in [0.3, 0.4) is 0 Å². The first kappa shape index (κ1) is 11.3. The molecule has 0 atom stereocenters. The molecular formula is C8H6BrF3O2. The minimum absolute atomic E-state index is 0.0346. The average Bonchev–Trinajstić information content (AvgIpc) is 2.01. The van der Waals surface area contributed by atoms with E-state index in [9.17, 15) is 13.2 Å². The van der Waals surface area contributed by atoms with Crippen molar-refractivity contribution in [1.82, 2.24) is 0 Å². The highest BCUT2D eigenvalue weighted by molar-refractivity contribution is 9.10. The Kier molecular flexibility index (Phi) is 3.06. The lowest BCUT2D eigenvalue weighted by molar-refractivity contribution is -0.137. The maximum Gasteiger partial charge on any atom is 0.416 e. The molecule has 0 spiro atoms. The highest BCUT2D eigenvalue weighted by Crippen LogP contribution is 2.36. The molecule has 0 saturated carbocycles. The van der Waals surface area contributed by atoms with Gasteiger partial charge in [0.05, 0.1) is 12.2 Å². The number of benzene rings is 1. The van der Waals surface area contributed by atoms with Crippen molar-refractivity contribution >= 4 is 15.9 Å². The lowest BCUT2D eigenvalue weighted by Gasteiger charge is -2.10. The molecule has 78 valence electrons. The monoisotopic (exact) mass is 270 g/mol. The molecule has 0 radical (unpaired) electrons. The first-order valence-corrected chi connectivity index (χ1v) is 4.35. The van der Waals surface area contributed by atoms with E-state index in [1.54, 1.807) is 0 Å². The highest BCUT2D eigenvalue weighted by Gasteiger charge is 2.31. The van der Waals surface area contributed by atoms with Gasteiger partial charge in [-0.1, -0.05) is 15.9 Å². The van der Waals surface area contributed by atoms with Crippen LogP contribution in [0.1, 0.15) is 11.1 Å². The fourth-order valence-electron chi connectivity index (χ4n) is 0.942. The van der Waals surface area contributed by atoms with Crippen LogP contribution in [-0.4, -0.2) is 10.2 Å². The van der Waals surface area contributed by atoms with E-state index in [1.807, 2.05) is 0 Å². The van der Waals surface area contributed by atoms with Crippen molar-refractivity contribution in [2.45, 2.75) is 12.8 Å². The van der Waals surface area contributed by atoms with E-state index in [1.165, 1.54) is 0 Å². The minimum atomic E-state index is -4.51. The van der Waals surface area contributed by atoms with Gasteiger partial charge in [0.1, 0.15) is 5.75 Å². The first-order valence-electron chi connectivity index (χ1n) is 3.55. The molecule has 0 amide bonds. The SMILES string of the molecule is OCc1c(O)cc(C(F)(F)F)cc1Br. The van der Waals surface area contributed by atoms with Gasteiger partial charge in [-0.25, -0.2) is 0 Å². The molecule has 1 rings (SSSR count). The van der Waals surface area contributed by atoms with Gasteiger partial charge in [0, 0.05) is 10.0 Å². The summed E-state index contributed by atoms with van der Waals surface area (Å²) in [5, 5.41) is 17.9. The number of rotatable bonds is 1. The molecule has 0 bridgehead atoms. The number of aliphatic hydroxyl groups is 1. The molecule has 0 heterocycles. The second kappa shape index (κ2) is 3.78. The van der Waals surface area contributed by atoms with Crippen LogP contribution in [0, 0.1) is 0 Å². The average molecular weight is 271 g/mol. The third-order valence-electron chi connectivity index (χ3n) is 1.66. The summed E-state index contributed by atoms with van der Waals surface area (Å²) in [7, 11) is 0. The molecule has 0 aliphatic heterocycles. The molecule has 2 N–H and O–H groups in total. The molecule has 0 aromatic heterocycles. The fraction of sp³-hybridized carbons (Fsp3) is 0.250. The molecule has 14 heavy (non-hydrogen) atoms. The quantitative estimate of drug-likeness (QED) is 0.824. The maximum atomic E-state index is 12.2. The Balaban J connectivity index is 3.28. The van der Waals surface area contributed by atoms with Crippen molar-refractivity contribution < 1.29 is 23.4 Å². The zero-order chi connectivity index (χ0) is 10.9. The molecule has 2 nitrogen and oxygen atoms in total. The van der Waals surface area contributed by atoms with Gasteiger partial charge in [0.25, 0.3) is 0 Å². The summed E-state index contributed by atoms with van der Waals surface area (Å²) in [6.07, 6.45) is -4.51. The van der Waals surface area contributed by atoms with Crippen molar-refractivity contribution in [2.24, 2.45) is 0 Å². The van der Waals surface area contributed by atoms with Crippen LogP contribution in [0.5, 0.6) is 5.75 Å². The summed E-state index contributed by atoms with van der Waals surface area (Å²) in [5.74, 6) is -0.575. The van der Waals surface area contributed by atoms with E-state index < -0.39 is 24.1 Å². The van der Waals surface area contributed by atoms with Crippen LogP contribution in [0.2, 0.25) is 0 Å². The van der Waals surface area contributed by atoms with Gasteiger partial charge in [-0.2, -0.15) is 13.2 Å². The van der Waals surface area contributed by atoms with Crippen molar-refractivity contribution in [1.29, 1.82) is 0 Å². The summed E-state index contributed by atoms with van der Waals surface area (Å²) in [4.78, 5) is 0. The number of alkyl halides is 3. The van der Waals surface area contributed by atoms with E-state index >= 15 is 0 Å². The smallest absolute Gasteiger partial charge is 0.416 e. The van der Waals surface area contributed by atoms with Crippen LogP contribution in [-0.2, 0) is 12.8 Å². The Morgan fingerprint density at radius 2 is 1.86 bits per heavy atom. The van der Waals surface area contributed by atoms with Gasteiger partial charge in [0.2, 0.25) is 0 Å². The predicted octanol–water partition coefficient (Wildman–Crippen LogP) is 2.67. The topological polar surface area (TPSA) is 40.5 Å². The molecule has 6 heteroatoms. The van der Waals surface area contributed by atoms with E-state index in [2.05, 4.69) is 15.9 Å². The lowest BCUT2D eigenvalue weighted by atomic mass is 10.1. The normalized spacial score (nSPS) is 11.8. The van der Waals surface area contributed by atoms with E-state index in [-0.39, 0.29) is 10.0 Å². The highest BCUT2D eigenvalue weighted by atomic mass is 79.9. The Bertz CT molecular complexity index is 326.